The molecule has 29 heavy (non-hydrogen) atoms. The van der Waals surface area contributed by atoms with Crippen molar-refractivity contribution in [3.05, 3.63) is 47.2 Å². The molecule has 0 radical (unpaired) electrons. The Balaban J connectivity index is 1.56. The van der Waals surface area contributed by atoms with Gasteiger partial charge in [-0.15, -0.1) is 11.3 Å². The molecule has 0 bridgehead atoms. The lowest BCUT2D eigenvalue weighted by Gasteiger charge is -2.22. The number of nitrogens with zero attached hydrogens (tertiary/aromatic N) is 1. The van der Waals surface area contributed by atoms with E-state index < -0.39 is 23.6 Å². The number of amides is 2. The third-order valence-electron chi connectivity index (χ3n) is 3.94. The number of ether oxygens (including phenoxy) is 1. The Kier molecular flexibility index (Phi) is 4.74. The number of carbonyl (C=O) groups is 2. The van der Waals surface area contributed by atoms with Gasteiger partial charge in [0.15, 0.2) is 23.1 Å². The van der Waals surface area contributed by atoms with Crippen LogP contribution in [0.3, 0.4) is 0 Å². The zero-order valence-electron chi connectivity index (χ0n) is 14.5. The van der Waals surface area contributed by atoms with Gasteiger partial charge in [-0.2, -0.15) is 13.2 Å². The number of thiazole rings is 1. The van der Waals surface area contributed by atoms with Crippen LogP contribution in [0.25, 0.3) is 10.8 Å². The van der Waals surface area contributed by atoms with Gasteiger partial charge >= 0.3 is 6.18 Å². The highest BCUT2D eigenvalue weighted by Gasteiger charge is 2.34. The second-order valence-electron chi connectivity index (χ2n) is 6.08. The van der Waals surface area contributed by atoms with Crippen molar-refractivity contribution in [2.24, 2.45) is 0 Å². The predicted molar refractivity (Wildman–Crippen MR) is 97.7 cm³/mol. The topological polar surface area (TPSA) is 93.5 Å². The molecule has 2 N–H and O–H groups in total. The summed E-state index contributed by atoms with van der Waals surface area (Å²) < 4.78 is 50.0. The Morgan fingerprint density at radius 2 is 2.17 bits per heavy atom. The van der Waals surface area contributed by atoms with Gasteiger partial charge in [-0.05, 0) is 24.3 Å². The molecule has 1 aliphatic rings. The van der Waals surface area contributed by atoms with Crippen LogP contribution >= 0.6 is 11.3 Å². The molecule has 2 amide bonds. The van der Waals surface area contributed by atoms with Crippen LogP contribution in [0.1, 0.15) is 11.3 Å². The number of fused-ring (bicyclic) bond motifs is 1. The fourth-order valence-corrected chi connectivity index (χ4v) is 3.50. The Morgan fingerprint density at radius 1 is 1.34 bits per heavy atom. The minimum Gasteiger partial charge on any atom is -0.479 e. The first kappa shape index (κ1) is 19.0. The average Bonchev–Trinajstić information content (AvgIpc) is 3.31. The van der Waals surface area contributed by atoms with Crippen LogP contribution in [0.5, 0.6) is 5.75 Å². The summed E-state index contributed by atoms with van der Waals surface area (Å²) in [5.74, 6) is -0.636. The predicted octanol–water partition coefficient (Wildman–Crippen LogP) is 3.93. The molecule has 3 aromatic rings. The van der Waals surface area contributed by atoms with Gasteiger partial charge in [0.05, 0.1) is 35.3 Å². The van der Waals surface area contributed by atoms with Crippen LogP contribution in [0.15, 0.2) is 40.3 Å². The lowest BCUT2D eigenvalue weighted by molar-refractivity contribution is -0.137. The van der Waals surface area contributed by atoms with Crippen molar-refractivity contribution in [3.63, 3.8) is 0 Å². The lowest BCUT2D eigenvalue weighted by Crippen LogP contribution is -2.27. The first-order valence-electron chi connectivity index (χ1n) is 8.25. The number of benzene rings is 1. The minimum atomic E-state index is -4.66. The van der Waals surface area contributed by atoms with Gasteiger partial charge in [-0.1, -0.05) is 0 Å². The minimum absolute atomic E-state index is 0.0273. The van der Waals surface area contributed by atoms with Crippen LogP contribution in [-0.2, 0) is 22.2 Å². The number of carbonyl (C=O) groups excluding carboxylic acids is 2. The third-order valence-corrected chi connectivity index (χ3v) is 4.84. The molecule has 1 aromatic carbocycles. The van der Waals surface area contributed by atoms with Crippen molar-refractivity contribution in [2.75, 3.05) is 17.2 Å². The summed E-state index contributed by atoms with van der Waals surface area (Å²) in [4.78, 5) is 28.1. The fourth-order valence-electron chi connectivity index (χ4n) is 2.72. The summed E-state index contributed by atoms with van der Waals surface area (Å²) >= 11 is 1.28. The van der Waals surface area contributed by atoms with E-state index in [1.807, 2.05) is 0 Å². The number of rotatable bonds is 4. The maximum absolute atomic E-state index is 13.2. The summed E-state index contributed by atoms with van der Waals surface area (Å²) in [6, 6.07) is 4.96. The highest BCUT2D eigenvalue weighted by molar-refractivity contribution is 7.13. The second kappa shape index (κ2) is 7.24. The second-order valence-corrected chi connectivity index (χ2v) is 6.94. The Hall–Kier alpha value is -3.34. The molecule has 3 heterocycles. The molecule has 0 atom stereocenters. The number of aromatic nitrogens is 1. The molecule has 1 aliphatic heterocycles. The normalized spacial score (nSPS) is 13.4. The van der Waals surface area contributed by atoms with Crippen molar-refractivity contribution in [2.45, 2.75) is 12.6 Å². The van der Waals surface area contributed by atoms with Crippen molar-refractivity contribution in [1.82, 2.24) is 4.98 Å². The summed E-state index contributed by atoms with van der Waals surface area (Å²) in [6.07, 6.45) is -3.32. The Morgan fingerprint density at radius 3 is 2.90 bits per heavy atom. The van der Waals surface area contributed by atoms with Gasteiger partial charge < -0.3 is 19.8 Å². The molecule has 2 aromatic heterocycles. The van der Waals surface area contributed by atoms with E-state index in [-0.39, 0.29) is 30.2 Å². The maximum atomic E-state index is 13.2. The third kappa shape index (κ3) is 4.09. The smallest absolute Gasteiger partial charge is 0.416 e. The van der Waals surface area contributed by atoms with Gasteiger partial charge in [0.1, 0.15) is 0 Å². The number of furan rings is 1. The highest BCUT2D eigenvalue weighted by atomic mass is 32.1. The largest absolute Gasteiger partial charge is 0.479 e. The zero-order chi connectivity index (χ0) is 20.6. The Bertz CT molecular complexity index is 1080. The number of hydrogen-bond donors (Lipinski definition) is 2. The molecule has 0 fully saturated rings. The average molecular weight is 423 g/mol. The summed E-state index contributed by atoms with van der Waals surface area (Å²) in [5.41, 5.74) is -0.915. The monoisotopic (exact) mass is 423 g/mol. The molecule has 0 saturated carbocycles. The van der Waals surface area contributed by atoms with Gasteiger partial charge in [-0.3, -0.25) is 9.59 Å². The summed E-state index contributed by atoms with van der Waals surface area (Å²) in [7, 11) is 0. The van der Waals surface area contributed by atoms with Crippen molar-refractivity contribution >= 4 is 34.5 Å². The maximum Gasteiger partial charge on any atom is 0.416 e. The van der Waals surface area contributed by atoms with E-state index in [9.17, 15) is 22.8 Å². The van der Waals surface area contributed by atoms with E-state index in [4.69, 9.17) is 9.15 Å². The van der Waals surface area contributed by atoms with Crippen LogP contribution in [0, 0.1) is 0 Å². The Labute approximate surface area is 165 Å². The first-order valence-corrected chi connectivity index (χ1v) is 9.13. The van der Waals surface area contributed by atoms with Gasteiger partial charge in [-0.25, -0.2) is 4.98 Å². The van der Waals surface area contributed by atoms with Crippen LogP contribution in [0.2, 0.25) is 0 Å². The quantitative estimate of drug-likeness (QED) is 0.663. The van der Waals surface area contributed by atoms with E-state index in [1.54, 1.807) is 17.5 Å². The fraction of sp³-hybridized carbons (Fsp3) is 0.167. The van der Waals surface area contributed by atoms with Crippen molar-refractivity contribution < 1.29 is 31.9 Å². The molecular formula is C18H12F3N3O4S. The molecule has 0 aliphatic carbocycles. The molecule has 0 unspecified atom stereocenters. The van der Waals surface area contributed by atoms with Gasteiger partial charge in [0.2, 0.25) is 5.91 Å². The van der Waals surface area contributed by atoms with Crippen LogP contribution in [0.4, 0.5) is 24.5 Å². The van der Waals surface area contributed by atoms with Crippen LogP contribution in [-0.4, -0.2) is 23.4 Å². The van der Waals surface area contributed by atoms with E-state index in [0.717, 1.165) is 12.1 Å². The van der Waals surface area contributed by atoms with Crippen LogP contribution < -0.4 is 15.4 Å². The molecule has 150 valence electrons. The number of alkyl halides is 3. The summed E-state index contributed by atoms with van der Waals surface area (Å²) in [6.45, 7) is -0.361. The molecule has 7 nitrogen and oxygen atoms in total. The van der Waals surface area contributed by atoms with E-state index in [2.05, 4.69) is 15.6 Å². The standard InChI is InChI=1S/C18H12F3N3O4S/c19-18(20,21)9-4-11(16-12(5-9)24-15(26)7-28-16)23-14(25)6-10-8-29-17(22-10)13-2-1-3-27-13/h1-5,8H,6-7H2,(H,23,25)(H,24,26). The zero-order valence-corrected chi connectivity index (χ0v) is 15.3. The van der Waals surface area contributed by atoms with E-state index in [1.165, 1.54) is 17.6 Å². The number of hydrogen-bond acceptors (Lipinski definition) is 6. The SMILES string of the molecule is O=C1COc2c(cc(C(F)(F)F)cc2NC(=O)Cc2csc(-c3ccco3)n2)N1. The summed E-state index contributed by atoms with van der Waals surface area (Å²) in [5, 5.41) is 6.98. The van der Waals surface area contributed by atoms with E-state index >= 15 is 0 Å². The highest BCUT2D eigenvalue weighted by Crippen LogP contribution is 2.42. The van der Waals surface area contributed by atoms with Gasteiger partial charge in [0.25, 0.3) is 5.91 Å². The van der Waals surface area contributed by atoms with Crippen molar-refractivity contribution in [3.8, 4) is 16.5 Å². The number of halogens is 3. The molecule has 4 rings (SSSR count). The van der Waals surface area contributed by atoms with Crippen molar-refractivity contribution in [1.29, 1.82) is 0 Å². The lowest BCUT2D eigenvalue weighted by atomic mass is 10.1. The number of nitrogens with one attached hydrogen (secondary N) is 2. The molecule has 0 saturated heterocycles. The van der Waals surface area contributed by atoms with Gasteiger partial charge in [0, 0.05) is 5.38 Å². The molecule has 0 spiro atoms. The number of anilines is 2. The molecular weight excluding hydrogens is 411 g/mol. The van der Waals surface area contributed by atoms with E-state index in [0.29, 0.717) is 16.5 Å². The first-order chi connectivity index (χ1) is 13.8. The molecule has 11 heteroatoms.